The van der Waals surface area contributed by atoms with E-state index in [1.54, 1.807) is 0 Å². The minimum absolute atomic E-state index is 0.166. The van der Waals surface area contributed by atoms with Crippen molar-refractivity contribution in [2.45, 2.75) is 24.3 Å². The molecule has 20 heavy (non-hydrogen) atoms. The van der Waals surface area contributed by atoms with E-state index in [0.29, 0.717) is 12.3 Å². The summed E-state index contributed by atoms with van der Waals surface area (Å²) in [6, 6.07) is 3.66. The van der Waals surface area contributed by atoms with Crippen molar-refractivity contribution in [3.8, 4) is 0 Å². The first kappa shape index (κ1) is 16.4. The summed E-state index contributed by atoms with van der Waals surface area (Å²) in [5.74, 6) is -1.24. The van der Waals surface area contributed by atoms with Crippen LogP contribution in [0.25, 0.3) is 0 Å². The van der Waals surface area contributed by atoms with E-state index in [0.717, 1.165) is 6.07 Å². The smallest absolute Gasteiger partial charge is 0.337 e. The number of hydrogen-bond acceptors (Lipinski definition) is 5. The molecule has 0 saturated heterocycles. The SMILES string of the molecule is COCC(C)(C)Nc1ccc(S(N)(=O)=O)cc1C(=O)O. The van der Waals surface area contributed by atoms with E-state index in [9.17, 15) is 18.3 Å². The van der Waals surface area contributed by atoms with E-state index in [4.69, 9.17) is 9.88 Å². The number of carboxylic acids is 1. The number of nitrogens with one attached hydrogen (secondary N) is 1. The minimum Gasteiger partial charge on any atom is -0.478 e. The van der Waals surface area contributed by atoms with E-state index in [-0.39, 0.29) is 10.5 Å². The number of benzene rings is 1. The average molecular weight is 302 g/mol. The van der Waals surface area contributed by atoms with Gasteiger partial charge in [-0.3, -0.25) is 0 Å². The number of rotatable bonds is 6. The Labute approximate surface area is 117 Å². The second-order valence-corrected chi connectivity index (χ2v) is 6.56. The summed E-state index contributed by atoms with van der Waals surface area (Å²) in [6.45, 7) is 4.01. The lowest BCUT2D eigenvalue weighted by atomic mass is 10.0. The molecule has 7 nitrogen and oxygen atoms in total. The van der Waals surface area contributed by atoms with Gasteiger partial charge in [0.05, 0.1) is 22.6 Å². The third-order valence-corrected chi connectivity index (χ3v) is 3.44. The lowest BCUT2D eigenvalue weighted by molar-refractivity contribution is 0.0697. The molecule has 0 spiro atoms. The molecule has 4 N–H and O–H groups in total. The molecule has 0 bridgehead atoms. The Bertz CT molecular complexity index is 610. The van der Waals surface area contributed by atoms with Gasteiger partial charge >= 0.3 is 5.97 Å². The van der Waals surface area contributed by atoms with Crippen molar-refractivity contribution in [1.29, 1.82) is 0 Å². The van der Waals surface area contributed by atoms with Gasteiger partial charge in [0.25, 0.3) is 0 Å². The van der Waals surface area contributed by atoms with Gasteiger partial charge in [-0.25, -0.2) is 18.4 Å². The fourth-order valence-corrected chi connectivity index (χ4v) is 2.29. The summed E-state index contributed by atoms with van der Waals surface area (Å²) in [6.07, 6.45) is 0. The van der Waals surface area contributed by atoms with Crippen molar-refractivity contribution < 1.29 is 23.1 Å². The molecule has 0 aromatic heterocycles. The molecule has 0 saturated carbocycles. The Morgan fingerprint density at radius 3 is 2.50 bits per heavy atom. The lowest BCUT2D eigenvalue weighted by Gasteiger charge is -2.27. The van der Waals surface area contributed by atoms with Crippen molar-refractivity contribution in [3.63, 3.8) is 0 Å². The van der Waals surface area contributed by atoms with E-state index in [2.05, 4.69) is 5.32 Å². The molecule has 0 aliphatic rings. The normalized spacial score (nSPS) is 12.2. The van der Waals surface area contributed by atoms with Crippen molar-refractivity contribution in [2.75, 3.05) is 19.0 Å². The number of primary sulfonamides is 1. The Kier molecular flexibility index (Phi) is 4.74. The Balaban J connectivity index is 3.25. The lowest BCUT2D eigenvalue weighted by Crippen LogP contribution is -2.36. The molecular weight excluding hydrogens is 284 g/mol. The summed E-state index contributed by atoms with van der Waals surface area (Å²) >= 11 is 0. The van der Waals surface area contributed by atoms with Gasteiger partial charge in [-0.05, 0) is 32.0 Å². The monoisotopic (exact) mass is 302 g/mol. The molecule has 0 radical (unpaired) electrons. The van der Waals surface area contributed by atoms with E-state index in [1.165, 1.54) is 19.2 Å². The molecule has 0 atom stereocenters. The number of aromatic carboxylic acids is 1. The van der Waals surface area contributed by atoms with Crippen molar-refractivity contribution in [1.82, 2.24) is 0 Å². The van der Waals surface area contributed by atoms with Crippen LogP contribution in [0.3, 0.4) is 0 Å². The molecule has 0 heterocycles. The Morgan fingerprint density at radius 1 is 1.45 bits per heavy atom. The quantitative estimate of drug-likeness (QED) is 0.717. The number of carboxylic acid groups (broad SMARTS) is 1. The second kappa shape index (κ2) is 5.78. The number of anilines is 1. The largest absolute Gasteiger partial charge is 0.478 e. The second-order valence-electron chi connectivity index (χ2n) is 5.00. The highest BCUT2D eigenvalue weighted by atomic mass is 32.2. The molecule has 0 fully saturated rings. The Hall–Kier alpha value is -1.64. The van der Waals surface area contributed by atoms with Crippen LogP contribution in [0.2, 0.25) is 0 Å². The predicted molar refractivity (Wildman–Crippen MR) is 74.4 cm³/mol. The summed E-state index contributed by atoms with van der Waals surface area (Å²) in [7, 11) is -2.41. The van der Waals surface area contributed by atoms with Crippen LogP contribution >= 0.6 is 0 Å². The van der Waals surface area contributed by atoms with Crippen LogP contribution in [-0.4, -0.2) is 38.7 Å². The van der Waals surface area contributed by atoms with Crippen LogP contribution < -0.4 is 10.5 Å². The summed E-state index contributed by atoms with van der Waals surface area (Å²) in [4.78, 5) is 11.0. The van der Waals surface area contributed by atoms with Crippen LogP contribution in [0.4, 0.5) is 5.69 Å². The summed E-state index contributed by atoms with van der Waals surface area (Å²) in [5.41, 5.74) is -0.380. The number of ether oxygens (including phenoxy) is 1. The first-order valence-electron chi connectivity index (χ1n) is 5.74. The van der Waals surface area contributed by atoms with Gasteiger partial charge < -0.3 is 15.2 Å². The zero-order chi connectivity index (χ0) is 15.6. The molecule has 1 aromatic rings. The molecule has 112 valence electrons. The van der Waals surface area contributed by atoms with Crippen molar-refractivity contribution in [2.24, 2.45) is 5.14 Å². The van der Waals surface area contributed by atoms with Gasteiger partial charge in [0, 0.05) is 12.8 Å². The summed E-state index contributed by atoms with van der Waals surface area (Å²) in [5, 5.41) is 17.2. The standard InChI is InChI=1S/C12H18N2O5S/c1-12(2,7-19-3)14-10-5-4-8(20(13,17)18)6-9(10)11(15)16/h4-6,14H,7H2,1-3H3,(H,15,16)(H2,13,17,18). The van der Waals surface area contributed by atoms with Crippen LogP contribution in [0.1, 0.15) is 24.2 Å². The highest BCUT2D eigenvalue weighted by Gasteiger charge is 2.22. The van der Waals surface area contributed by atoms with Crippen LogP contribution in [0.15, 0.2) is 23.1 Å². The molecule has 1 rings (SSSR count). The van der Waals surface area contributed by atoms with Gasteiger partial charge in [-0.1, -0.05) is 0 Å². The minimum atomic E-state index is -3.95. The first-order chi connectivity index (χ1) is 9.07. The molecule has 0 aliphatic heterocycles. The van der Waals surface area contributed by atoms with Crippen LogP contribution in [0, 0.1) is 0 Å². The van der Waals surface area contributed by atoms with Gasteiger partial charge in [0.15, 0.2) is 0 Å². The molecular formula is C12H18N2O5S. The van der Waals surface area contributed by atoms with Crippen LogP contribution in [-0.2, 0) is 14.8 Å². The number of sulfonamides is 1. The topological polar surface area (TPSA) is 119 Å². The number of methoxy groups -OCH3 is 1. The van der Waals surface area contributed by atoms with Gasteiger partial charge in [0.1, 0.15) is 0 Å². The molecule has 0 unspecified atom stereocenters. The van der Waals surface area contributed by atoms with Gasteiger partial charge in [-0.2, -0.15) is 0 Å². The van der Waals surface area contributed by atoms with Crippen molar-refractivity contribution >= 4 is 21.7 Å². The van der Waals surface area contributed by atoms with Gasteiger partial charge in [0.2, 0.25) is 10.0 Å². The zero-order valence-electron chi connectivity index (χ0n) is 11.5. The van der Waals surface area contributed by atoms with E-state index < -0.39 is 21.5 Å². The fraction of sp³-hybridized carbons (Fsp3) is 0.417. The van der Waals surface area contributed by atoms with E-state index >= 15 is 0 Å². The molecule has 1 aromatic carbocycles. The number of nitrogens with two attached hydrogens (primary N) is 1. The van der Waals surface area contributed by atoms with E-state index in [1.807, 2.05) is 13.8 Å². The molecule has 0 amide bonds. The third-order valence-electron chi connectivity index (χ3n) is 2.53. The maximum absolute atomic E-state index is 11.3. The summed E-state index contributed by atoms with van der Waals surface area (Å²) < 4.78 is 27.5. The van der Waals surface area contributed by atoms with Crippen molar-refractivity contribution in [3.05, 3.63) is 23.8 Å². The molecule has 8 heteroatoms. The fourth-order valence-electron chi connectivity index (χ4n) is 1.75. The third kappa shape index (κ3) is 4.19. The number of carbonyl (C=O) groups is 1. The van der Waals surface area contributed by atoms with Crippen LogP contribution in [0.5, 0.6) is 0 Å². The maximum atomic E-state index is 11.3. The molecule has 0 aliphatic carbocycles. The van der Waals surface area contributed by atoms with Gasteiger partial charge in [-0.15, -0.1) is 0 Å². The Morgan fingerprint density at radius 2 is 2.05 bits per heavy atom. The average Bonchev–Trinajstić information content (AvgIpc) is 2.26. The first-order valence-corrected chi connectivity index (χ1v) is 7.29. The zero-order valence-corrected chi connectivity index (χ0v) is 12.3. The highest BCUT2D eigenvalue weighted by Crippen LogP contribution is 2.23. The maximum Gasteiger partial charge on any atom is 0.337 e. The predicted octanol–water partition coefficient (Wildman–Crippen LogP) is 0.869. The number of hydrogen-bond donors (Lipinski definition) is 3. The highest BCUT2D eigenvalue weighted by molar-refractivity contribution is 7.89.